The van der Waals surface area contributed by atoms with Crippen molar-refractivity contribution < 1.29 is 14.3 Å². The average molecular weight is 416 g/mol. The van der Waals surface area contributed by atoms with Crippen molar-refractivity contribution in [1.82, 2.24) is 4.90 Å². The fourth-order valence-corrected chi connectivity index (χ4v) is 4.80. The van der Waals surface area contributed by atoms with Crippen molar-refractivity contribution in [3.05, 3.63) is 59.2 Å². The lowest BCUT2D eigenvalue weighted by molar-refractivity contribution is 0.0895. The summed E-state index contributed by atoms with van der Waals surface area (Å²) in [5.74, 6) is 2.44. The highest BCUT2D eigenvalue weighted by Crippen LogP contribution is 2.42. The number of piperidine rings is 1. The van der Waals surface area contributed by atoms with Gasteiger partial charge in [-0.15, -0.1) is 12.4 Å². The summed E-state index contributed by atoms with van der Waals surface area (Å²) in [7, 11) is 3.29. The number of benzene rings is 2. The van der Waals surface area contributed by atoms with Gasteiger partial charge in [-0.05, 0) is 62.4 Å². The molecule has 0 aromatic heterocycles. The maximum Gasteiger partial charge on any atom is 0.166 e. The van der Waals surface area contributed by atoms with Crippen molar-refractivity contribution in [3.8, 4) is 11.5 Å². The molecule has 0 radical (unpaired) electrons. The summed E-state index contributed by atoms with van der Waals surface area (Å²) in [5, 5.41) is 0. The fourth-order valence-electron chi connectivity index (χ4n) is 4.80. The number of hydrogen-bond donors (Lipinski definition) is 0. The second-order valence-corrected chi connectivity index (χ2v) is 8.03. The molecule has 0 spiro atoms. The Labute approximate surface area is 179 Å². The average Bonchev–Trinajstić information content (AvgIpc) is 3.05. The van der Waals surface area contributed by atoms with Gasteiger partial charge >= 0.3 is 0 Å². The number of halogens is 1. The molecule has 5 heteroatoms. The molecule has 1 aliphatic heterocycles. The molecule has 0 saturated carbocycles. The standard InChI is InChI=1S/C24H29NO3.ClH/c1-27-22-9-8-20-21(24(22)28-2)15-19(23(20)26)14-17-10-12-25(13-11-17)16-18-6-4-3-5-7-18;/h3-9,17,19H,10-16H2,1-2H3;1H. The van der Waals surface area contributed by atoms with Gasteiger partial charge in [-0.3, -0.25) is 9.69 Å². The van der Waals surface area contributed by atoms with Gasteiger partial charge in [0.15, 0.2) is 17.3 Å². The first-order chi connectivity index (χ1) is 13.7. The van der Waals surface area contributed by atoms with Gasteiger partial charge in [-0.1, -0.05) is 30.3 Å². The van der Waals surface area contributed by atoms with E-state index in [4.69, 9.17) is 9.47 Å². The van der Waals surface area contributed by atoms with Crippen molar-refractivity contribution >= 4 is 18.2 Å². The van der Waals surface area contributed by atoms with Gasteiger partial charge in [0.25, 0.3) is 0 Å². The van der Waals surface area contributed by atoms with Crippen LogP contribution in [0.2, 0.25) is 0 Å². The summed E-state index contributed by atoms with van der Waals surface area (Å²) >= 11 is 0. The predicted molar refractivity (Wildman–Crippen MR) is 117 cm³/mol. The summed E-state index contributed by atoms with van der Waals surface area (Å²) in [4.78, 5) is 15.5. The zero-order chi connectivity index (χ0) is 19.5. The van der Waals surface area contributed by atoms with Gasteiger partial charge in [0.2, 0.25) is 0 Å². The van der Waals surface area contributed by atoms with E-state index in [0.717, 1.165) is 49.4 Å². The zero-order valence-corrected chi connectivity index (χ0v) is 18.0. The Morgan fingerprint density at radius 2 is 1.72 bits per heavy atom. The molecule has 1 fully saturated rings. The Hall–Kier alpha value is -2.04. The van der Waals surface area contributed by atoms with Crippen LogP contribution in [0, 0.1) is 11.8 Å². The largest absolute Gasteiger partial charge is 0.493 e. The highest BCUT2D eigenvalue weighted by Gasteiger charge is 2.36. The molecule has 1 heterocycles. The van der Waals surface area contributed by atoms with Gasteiger partial charge in [0, 0.05) is 23.6 Å². The van der Waals surface area contributed by atoms with Crippen molar-refractivity contribution in [2.24, 2.45) is 11.8 Å². The number of ketones is 1. The van der Waals surface area contributed by atoms with Gasteiger partial charge in [0.1, 0.15) is 0 Å². The van der Waals surface area contributed by atoms with Crippen LogP contribution in [0.3, 0.4) is 0 Å². The first-order valence-electron chi connectivity index (χ1n) is 10.2. The smallest absolute Gasteiger partial charge is 0.166 e. The molecule has 29 heavy (non-hydrogen) atoms. The lowest BCUT2D eigenvalue weighted by atomic mass is 9.85. The predicted octanol–water partition coefficient (Wildman–Crippen LogP) is 4.78. The van der Waals surface area contributed by atoms with E-state index in [-0.39, 0.29) is 24.1 Å². The van der Waals surface area contributed by atoms with Crippen LogP contribution < -0.4 is 9.47 Å². The third-order valence-corrected chi connectivity index (χ3v) is 6.31. The number of carbonyl (C=O) groups is 1. The number of rotatable bonds is 6. The van der Waals surface area contributed by atoms with E-state index in [2.05, 4.69) is 35.2 Å². The van der Waals surface area contributed by atoms with Gasteiger partial charge in [-0.2, -0.15) is 0 Å². The number of ether oxygens (including phenoxy) is 2. The summed E-state index contributed by atoms with van der Waals surface area (Å²) in [6.07, 6.45) is 4.11. The molecule has 1 unspecified atom stereocenters. The van der Waals surface area contributed by atoms with Crippen LogP contribution in [0.15, 0.2) is 42.5 Å². The maximum atomic E-state index is 12.9. The van der Waals surface area contributed by atoms with E-state index >= 15 is 0 Å². The Balaban J connectivity index is 0.00000240. The van der Waals surface area contributed by atoms with Crippen LogP contribution >= 0.6 is 12.4 Å². The van der Waals surface area contributed by atoms with Crippen LogP contribution in [0.1, 0.15) is 40.7 Å². The number of nitrogens with zero attached hydrogens (tertiary/aromatic N) is 1. The number of Topliss-reactive ketones (excluding diaryl/α,β-unsaturated/α-hetero) is 1. The number of methoxy groups -OCH3 is 2. The number of hydrogen-bond acceptors (Lipinski definition) is 4. The summed E-state index contributed by atoms with van der Waals surface area (Å²) in [5.41, 5.74) is 3.23. The normalized spacial score (nSPS) is 19.5. The minimum absolute atomic E-state index is 0. The first kappa shape index (κ1) is 21.7. The topological polar surface area (TPSA) is 38.8 Å². The molecule has 4 nitrogen and oxygen atoms in total. The highest BCUT2D eigenvalue weighted by molar-refractivity contribution is 6.03. The van der Waals surface area contributed by atoms with E-state index in [9.17, 15) is 4.79 Å². The SMILES string of the molecule is COc1ccc2c(c1OC)CC(CC1CCN(Cc3ccccc3)CC1)C2=O.Cl. The summed E-state index contributed by atoms with van der Waals surface area (Å²) in [6.45, 7) is 3.26. The van der Waals surface area contributed by atoms with Crippen molar-refractivity contribution in [2.75, 3.05) is 27.3 Å². The lowest BCUT2D eigenvalue weighted by Crippen LogP contribution is -2.34. The minimum atomic E-state index is 0. The van der Waals surface area contributed by atoms with Crippen LogP contribution in [-0.2, 0) is 13.0 Å². The Morgan fingerprint density at radius 1 is 1.00 bits per heavy atom. The van der Waals surface area contributed by atoms with Gasteiger partial charge < -0.3 is 9.47 Å². The molecule has 2 aliphatic rings. The lowest BCUT2D eigenvalue weighted by Gasteiger charge is -2.33. The molecule has 1 aliphatic carbocycles. The van der Waals surface area contributed by atoms with Crippen LogP contribution in [-0.4, -0.2) is 38.0 Å². The molecule has 1 atom stereocenters. The molecule has 4 rings (SSSR count). The molecule has 1 saturated heterocycles. The van der Waals surface area contributed by atoms with Crippen LogP contribution in [0.25, 0.3) is 0 Å². The number of fused-ring (bicyclic) bond motifs is 1. The molecular weight excluding hydrogens is 386 g/mol. The fraction of sp³-hybridized carbons (Fsp3) is 0.458. The van der Waals surface area contributed by atoms with Crippen molar-refractivity contribution in [2.45, 2.75) is 32.2 Å². The van der Waals surface area contributed by atoms with Crippen LogP contribution in [0.4, 0.5) is 0 Å². The number of likely N-dealkylation sites (tertiary alicyclic amines) is 1. The number of carbonyl (C=O) groups excluding carboxylic acids is 1. The summed E-state index contributed by atoms with van der Waals surface area (Å²) < 4.78 is 11.0. The zero-order valence-electron chi connectivity index (χ0n) is 17.2. The third-order valence-electron chi connectivity index (χ3n) is 6.31. The highest BCUT2D eigenvalue weighted by atomic mass is 35.5. The molecule has 0 bridgehead atoms. The second-order valence-electron chi connectivity index (χ2n) is 8.03. The second kappa shape index (κ2) is 9.64. The quantitative estimate of drug-likeness (QED) is 0.680. The van der Waals surface area contributed by atoms with E-state index in [1.807, 2.05) is 12.1 Å². The summed E-state index contributed by atoms with van der Waals surface area (Å²) in [6, 6.07) is 14.4. The van der Waals surface area contributed by atoms with Gasteiger partial charge in [0.05, 0.1) is 14.2 Å². The Kier molecular flexibility index (Phi) is 7.20. The maximum absolute atomic E-state index is 12.9. The first-order valence-corrected chi connectivity index (χ1v) is 10.2. The van der Waals surface area contributed by atoms with E-state index in [0.29, 0.717) is 11.7 Å². The van der Waals surface area contributed by atoms with E-state index < -0.39 is 0 Å². The molecule has 0 amide bonds. The minimum Gasteiger partial charge on any atom is -0.493 e. The van der Waals surface area contributed by atoms with E-state index in [1.54, 1.807) is 14.2 Å². The Bertz CT molecular complexity index is 832. The molecule has 156 valence electrons. The van der Waals surface area contributed by atoms with Crippen molar-refractivity contribution in [1.29, 1.82) is 0 Å². The Morgan fingerprint density at radius 3 is 2.38 bits per heavy atom. The van der Waals surface area contributed by atoms with Crippen LogP contribution in [0.5, 0.6) is 11.5 Å². The molecule has 2 aromatic carbocycles. The third kappa shape index (κ3) is 4.59. The van der Waals surface area contributed by atoms with Gasteiger partial charge in [-0.25, -0.2) is 0 Å². The monoisotopic (exact) mass is 415 g/mol. The molecule has 2 aromatic rings. The molecule has 0 N–H and O–H groups in total. The van der Waals surface area contributed by atoms with Crippen molar-refractivity contribution in [3.63, 3.8) is 0 Å². The van der Waals surface area contributed by atoms with E-state index in [1.165, 1.54) is 18.4 Å². The molecular formula is C24H30ClNO3.